The summed E-state index contributed by atoms with van der Waals surface area (Å²) in [5.74, 6) is 0.849. The zero-order valence-corrected chi connectivity index (χ0v) is 14.7. The molecule has 0 spiro atoms. The van der Waals surface area contributed by atoms with Gasteiger partial charge < -0.3 is 4.74 Å². The molecule has 0 fully saturated rings. The number of nitrogens with one attached hydrogen (secondary N) is 1. The smallest absolute Gasteiger partial charge is 0.119 e. The van der Waals surface area contributed by atoms with Crippen molar-refractivity contribution in [1.29, 1.82) is 0 Å². The highest BCUT2D eigenvalue weighted by Crippen LogP contribution is 2.20. The average molecular weight is 351 g/mol. The van der Waals surface area contributed by atoms with E-state index in [-0.39, 0.29) is 0 Å². The number of para-hydroxylation sites is 1. The van der Waals surface area contributed by atoms with Crippen molar-refractivity contribution in [3.05, 3.63) is 94.5 Å². The van der Waals surface area contributed by atoms with Gasteiger partial charge in [0.1, 0.15) is 12.4 Å². The minimum atomic E-state index is 0.489. The van der Waals surface area contributed by atoms with Crippen molar-refractivity contribution in [2.75, 3.05) is 5.43 Å². The molecule has 0 amide bonds. The number of rotatable bonds is 6. The number of nitrogens with zero attached hydrogens (tertiary/aromatic N) is 1. The highest BCUT2D eigenvalue weighted by Gasteiger charge is 2.01. The third kappa shape index (κ3) is 4.85. The number of ether oxygens (including phenoxy) is 1. The van der Waals surface area contributed by atoms with E-state index >= 15 is 0 Å². The number of aryl methyl sites for hydroxylation is 1. The van der Waals surface area contributed by atoms with Gasteiger partial charge in [-0.2, -0.15) is 5.10 Å². The topological polar surface area (TPSA) is 33.6 Å². The number of anilines is 1. The molecule has 1 N–H and O–H groups in total. The molecule has 0 aliphatic carbocycles. The Hall–Kier alpha value is -2.78. The van der Waals surface area contributed by atoms with Gasteiger partial charge in [-0.05, 0) is 42.3 Å². The van der Waals surface area contributed by atoms with Gasteiger partial charge in [0, 0.05) is 10.6 Å². The van der Waals surface area contributed by atoms with Gasteiger partial charge in [-0.25, -0.2) is 0 Å². The van der Waals surface area contributed by atoms with Crippen molar-refractivity contribution >= 4 is 23.5 Å². The monoisotopic (exact) mass is 350 g/mol. The Balaban J connectivity index is 1.66. The van der Waals surface area contributed by atoms with Crippen LogP contribution in [0.1, 0.15) is 16.7 Å². The van der Waals surface area contributed by atoms with E-state index in [0.29, 0.717) is 6.61 Å². The molecule has 3 aromatic carbocycles. The lowest BCUT2D eigenvalue weighted by molar-refractivity contribution is 0.306. The van der Waals surface area contributed by atoms with Gasteiger partial charge >= 0.3 is 0 Å². The Morgan fingerprint density at radius 3 is 2.56 bits per heavy atom. The molecule has 0 heterocycles. The number of hydrogen-bond acceptors (Lipinski definition) is 3. The minimum Gasteiger partial charge on any atom is -0.489 e. The molecule has 0 aromatic heterocycles. The highest BCUT2D eigenvalue weighted by atomic mass is 35.5. The Morgan fingerprint density at radius 2 is 1.76 bits per heavy atom. The standard InChI is InChI=1S/C21H19ClN2O/c1-16-11-12-19(13-21(16)22)24-23-14-17-7-5-6-8-18(17)15-25-20-9-3-2-4-10-20/h2-14,24H,15H2,1H3/b23-14+. The van der Waals surface area contributed by atoms with Crippen LogP contribution < -0.4 is 10.2 Å². The van der Waals surface area contributed by atoms with Crippen LogP contribution in [0.3, 0.4) is 0 Å². The quantitative estimate of drug-likeness (QED) is 0.458. The van der Waals surface area contributed by atoms with E-state index < -0.39 is 0 Å². The zero-order chi connectivity index (χ0) is 17.5. The van der Waals surface area contributed by atoms with Crippen molar-refractivity contribution in [2.24, 2.45) is 5.10 Å². The molecule has 3 aromatic rings. The van der Waals surface area contributed by atoms with Crippen LogP contribution in [0.5, 0.6) is 5.75 Å². The van der Waals surface area contributed by atoms with Crippen molar-refractivity contribution in [3.63, 3.8) is 0 Å². The average Bonchev–Trinajstić information content (AvgIpc) is 2.65. The molecule has 3 nitrogen and oxygen atoms in total. The van der Waals surface area contributed by atoms with Gasteiger partial charge in [0.2, 0.25) is 0 Å². The second-order valence-electron chi connectivity index (χ2n) is 5.63. The zero-order valence-electron chi connectivity index (χ0n) is 13.9. The normalized spacial score (nSPS) is 10.8. The van der Waals surface area contributed by atoms with Crippen LogP contribution in [0.4, 0.5) is 5.69 Å². The molecule has 0 atom stereocenters. The van der Waals surface area contributed by atoms with Crippen molar-refractivity contribution < 1.29 is 4.74 Å². The number of hydrogen-bond donors (Lipinski definition) is 1. The van der Waals surface area contributed by atoms with E-state index in [1.807, 2.05) is 79.7 Å². The lowest BCUT2D eigenvalue weighted by Gasteiger charge is -2.08. The van der Waals surface area contributed by atoms with Crippen LogP contribution in [0.2, 0.25) is 5.02 Å². The van der Waals surface area contributed by atoms with E-state index in [4.69, 9.17) is 16.3 Å². The molecule has 0 radical (unpaired) electrons. The molecule has 0 aliphatic heterocycles. The van der Waals surface area contributed by atoms with Crippen LogP contribution in [0.25, 0.3) is 0 Å². The summed E-state index contributed by atoms with van der Waals surface area (Å²) in [7, 11) is 0. The van der Waals surface area contributed by atoms with Crippen LogP contribution in [0, 0.1) is 6.92 Å². The fourth-order valence-electron chi connectivity index (χ4n) is 2.31. The van der Waals surface area contributed by atoms with Crippen LogP contribution in [-0.4, -0.2) is 6.21 Å². The van der Waals surface area contributed by atoms with E-state index in [9.17, 15) is 0 Å². The largest absolute Gasteiger partial charge is 0.489 e. The summed E-state index contributed by atoms with van der Waals surface area (Å²) in [6.07, 6.45) is 1.79. The van der Waals surface area contributed by atoms with E-state index in [1.54, 1.807) is 6.21 Å². The first-order valence-corrected chi connectivity index (χ1v) is 8.41. The predicted molar refractivity (Wildman–Crippen MR) is 105 cm³/mol. The summed E-state index contributed by atoms with van der Waals surface area (Å²) in [6.45, 7) is 2.46. The van der Waals surface area contributed by atoms with Gasteiger partial charge in [-0.1, -0.05) is 60.1 Å². The highest BCUT2D eigenvalue weighted by molar-refractivity contribution is 6.31. The first-order valence-electron chi connectivity index (χ1n) is 8.03. The molecule has 0 saturated carbocycles. The Labute approximate surface area is 152 Å². The predicted octanol–water partition coefficient (Wildman–Crippen LogP) is 5.67. The summed E-state index contributed by atoms with van der Waals surface area (Å²) in [5.41, 5.74) is 6.97. The summed E-state index contributed by atoms with van der Waals surface area (Å²) in [4.78, 5) is 0. The molecule has 0 bridgehead atoms. The second kappa shape index (κ2) is 8.36. The van der Waals surface area contributed by atoms with Crippen molar-refractivity contribution in [1.82, 2.24) is 0 Å². The Morgan fingerprint density at radius 1 is 1.00 bits per heavy atom. The summed E-state index contributed by atoms with van der Waals surface area (Å²) in [5, 5.41) is 5.03. The number of hydrazone groups is 1. The maximum atomic E-state index is 6.13. The molecule has 0 aliphatic rings. The van der Waals surface area contributed by atoms with E-state index in [0.717, 1.165) is 33.1 Å². The summed E-state index contributed by atoms with van der Waals surface area (Å²) >= 11 is 6.13. The lowest BCUT2D eigenvalue weighted by Crippen LogP contribution is -2.00. The van der Waals surface area contributed by atoms with Crippen LogP contribution in [0.15, 0.2) is 77.9 Å². The first-order chi connectivity index (χ1) is 12.2. The molecular weight excluding hydrogens is 332 g/mol. The van der Waals surface area contributed by atoms with Crippen LogP contribution >= 0.6 is 11.6 Å². The van der Waals surface area contributed by atoms with E-state index in [1.165, 1.54) is 0 Å². The second-order valence-corrected chi connectivity index (χ2v) is 6.04. The fraction of sp³-hybridized carbons (Fsp3) is 0.0952. The van der Waals surface area contributed by atoms with Gasteiger partial charge in [0.25, 0.3) is 0 Å². The Bertz CT molecular complexity index is 863. The molecule has 126 valence electrons. The van der Waals surface area contributed by atoms with Gasteiger partial charge in [-0.3, -0.25) is 5.43 Å². The van der Waals surface area contributed by atoms with Gasteiger partial charge in [-0.15, -0.1) is 0 Å². The third-order valence-corrected chi connectivity index (χ3v) is 4.17. The SMILES string of the molecule is Cc1ccc(N/N=C/c2ccccc2COc2ccccc2)cc1Cl. The molecule has 4 heteroatoms. The van der Waals surface area contributed by atoms with Gasteiger partial charge in [0.05, 0.1) is 11.9 Å². The number of benzene rings is 3. The summed E-state index contributed by atoms with van der Waals surface area (Å²) < 4.78 is 5.83. The van der Waals surface area contributed by atoms with E-state index in [2.05, 4.69) is 10.5 Å². The van der Waals surface area contributed by atoms with Gasteiger partial charge in [0.15, 0.2) is 0 Å². The third-order valence-electron chi connectivity index (χ3n) is 3.76. The maximum Gasteiger partial charge on any atom is 0.119 e. The molecule has 0 unspecified atom stereocenters. The lowest BCUT2D eigenvalue weighted by atomic mass is 10.1. The molecule has 0 saturated heterocycles. The fourth-order valence-corrected chi connectivity index (χ4v) is 2.49. The number of halogens is 1. The van der Waals surface area contributed by atoms with Crippen molar-refractivity contribution in [3.8, 4) is 5.75 Å². The summed E-state index contributed by atoms with van der Waals surface area (Å²) in [6, 6.07) is 23.6. The molecule has 25 heavy (non-hydrogen) atoms. The maximum absolute atomic E-state index is 6.13. The van der Waals surface area contributed by atoms with Crippen molar-refractivity contribution in [2.45, 2.75) is 13.5 Å². The first kappa shape index (κ1) is 17.1. The molecular formula is C21H19ClN2O. The minimum absolute atomic E-state index is 0.489. The Kier molecular flexibility index (Phi) is 5.70. The molecule has 3 rings (SSSR count). The van der Waals surface area contributed by atoms with Crippen LogP contribution in [-0.2, 0) is 6.61 Å².